The van der Waals surface area contributed by atoms with Crippen LogP contribution in [0.3, 0.4) is 0 Å². The van der Waals surface area contributed by atoms with Crippen LogP contribution in [0.4, 0.5) is 10.2 Å². The highest BCUT2D eigenvalue weighted by molar-refractivity contribution is 5.47. The van der Waals surface area contributed by atoms with Gasteiger partial charge in [0.25, 0.3) is 0 Å². The van der Waals surface area contributed by atoms with E-state index in [9.17, 15) is 4.39 Å². The monoisotopic (exact) mass is 326 g/mol. The predicted octanol–water partition coefficient (Wildman–Crippen LogP) is 1.97. The highest BCUT2D eigenvalue weighted by Crippen LogP contribution is 2.20. The SMILES string of the molecule is CC1CN(c2ccn3nccc3n2)CCN1Cc1ccncc1F. The van der Waals surface area contributed by atoms with Crippen LogP contribution in [0.2, 0.25) is 0 Å². The third kappa shape index (κ3) is 2.82. The van der Waals surface area contributed by atoms with E-state index < -0.39 is 0 Å². The highest BCUT2D eigenvalue weighted by Gasteiger charge is 2.25. The quantitative estimate of drug-likeness (QED) is 0.736. The van der Waals surface area contributed by atoms with Crippen LogP contribution < -0.4 is 4.90 Å². The zero-order valence-electron chi connectivity index (χ0n) is 13.5. The van der Waals surface area contributed by atoms with Crippen molar-refractivity contribution in [3.05, 3.63) is 54.4 Å². The minimum absolute atomic E-state index is 0.236. The van der Waals surface area contributed by atoms with Crippen molar-refractivity contribution in [2.75, 3.05) is 24.5 Å². The molecule has 0 saturated carbocycles. The molecule has 0 N–H and O–H groups in total. The molecular weight excluding hydrogens is 307 g/mol. The number of rotatable bonds is 3. The van der Waals surface area contributed by atoms with Gasteiger partial charge in [-0.1, -0.05) is 0 Å². The molecule has 1 saturated heterocycles. The third-order valence-electron chi connectivity index (χ3n) is 4.56. The molecule has 24 heavy (non-hydrogen) atoms. The van der Waals surface area contributed by atoms with Gasteiger partial charge in [-0.2, -0.15) is 5.10 Å². The Balaban J connectivity index is 1.47. The van der Waals surface area contributed by atoms with Gasteiger partial charge in [0.1, 0.15) is 11.6 Å². The van der Waals surface area contributed by atoms with Crippen molar-refractivity contribution in [3.8, 4) is 0 Å². The van der Waals surface area contributed by atoms with Crippen molar-refractivity contribution in [1.82, 2.24) is 24.5 Å². The van der Waals surface area contributed by atoms with E-state index in [1.54, 1.807) is 23.0 Å². The molecule has 0 spiro atoms. The Morgan fingerprint density at radius 3 is 2.96 bits per heavy atom. The summed E-state index contributed by atoms with van der Waals surface area (Å²) in [5.41, 5.74) is 1.55. The number of piperazine rings is 1. The summed E-state index contributed by atoms with van der Waals surface area (Å²) in [6.07, 6.45) is 6.60. The molecule has 0 aliphatic carbocycles. The number of hydrogen-bond acceptors (Lipinski definition) is 5. The van der Waals surface area contributed by atoms with Gasteiger partial charge in [-0.3, -0.25) is 9.88 Å². The zero-order chi connectivity index (χ0) is 16.5. The Hall–Kier alpha value is -2.54. The Bertz CT molecular complexity index is 848. The maximum absolute atomic E-state index is 13.8. The molecule has 1 aliphatic rings. The van der Waals surface area contributed by atoms with E-state index in [-0.39, 0.29) is 5.82 Å². The molecule has 0 bridgehead atoms. The van der Waals surface area contributed by atoms with Crippen molar-refractivity contribution in [2.45, 2.75) is 19.5 Å². The standard InChI is InChI=1S/C17H19FN6/c1-13-11-23(16-4-7-24-17(21-16)3-6-20-24)9-8-22(13)12-14-2-5-19-10-15(14)18/h2-7,10,13H,8-9,11-12H2,1H3. The fourth-order valence-corrected chi connectivity index (χ4v) is 3.17. The lowest BCUT2D eigenvalue weighted by Gasteiger charge is -2.40. The first kappa shape index (κ1) is 15.0. The largest absolute Gasteiger partial charge is 0.354 e. The summed E-state index contributed by atoms with van der Waals surface area (Å²) in [7, 11) is 0. The summed E-state index contributed by atoms with van der Waals surface area (Å²) in [4.78, 5) is 13.0. The molecule has 0 aromatic carbocycles. The lowest BCUT2D eigenvalue weighted by molar-refractivity contribution is 0.178. The van der Waals surface area contributed by atoms with Gasteiger partial charge in [0, 0.05) is 56.2 Å². The second-order valence-corrected chi connectivity index (χ2v) is 6.15. The third-order valence-corrected chi connectivity index (χ3v) is 4.56. The maximum Gasteiger partial charge on any atom is 0.157 e. The van der Waals surface area contributed by atoms with E-state index in [0.717, 1.165) is 31.1 Å². The number of halogens is 1. The molecule has 0 amide bonds. The van der Waals surface area contributed by atoms with Crippen LogP contribution in [0, 0.1) is 5.82 Å². The first-order valence-electron chi connectivity index (χ1n) is 8.08. The van der Waals surface area contributed by atoms with Gasteiger partial charge in [-0.05, 0) is 19.1 Å². The molecule has 7 heteroatoms. The van der Waals surface area contributed by atoms with Crippen molar-refractivity contribution in [3.63, 3.8) is 0 Å². The van der Waals surface area contributed by atoms with Gasteiger partial charge in [-0.25, -0.2) is 13.9 Å². The fourth-order valence-electron chi connectivity index (χ4n) is 3.17. The normalized spacial score (nSPS) is 19.1. The summed E-state index contributed by atoms with van der Waals surface area (Å²) in [6.45, 7) is 5.38. The van der Waals surface area contributed by atoms with E-state index in [1.807, 2.05) is 18.3 Å². The van der Waals surface area contributed by atoms with E-state index in [4.69, 9.17) is 0 Å². The van der Waals surface area contributed by atoms with Gasteiger partial charge < -0.3 is 4.90 Å². The average Bonchev–Trinajstić information content (AvgIpc) is 3.06. The molecule has 4 rings (SSSR count). The van der Waals surface area contributed by atoms with Crippen molar-refractivity contribution < 1.29 is 4.39 Å². The molecule has 124 valence electrons. The van der Waals surface area contributed by atoms with Gasteiger partial charge in [0.05, 0.1) is 12.4 Å². The van der Waals surface area contributed by atoms with Crippen LogP contribution >= 0.6 is 0 Å². The van der Waals surface area contributed by atoms with Gasteiger partial charge in [0.2, 0.25) is 0 Å². The highest BCUT2D eigenvalue weighted by atomic mass is 19.1. The molecule has 1 aliphatic heterocycles. The Morgan fingerprint density at radius 1 is 1.21 bits per heavy atom. The fraction of sp³-hybridized carbons (Fsp3) is 0.353. The lowest BCUT2D eigenvalue weighted by atomic mass is 10.1. The number of aromatic nitrogens is 4. The second kappa shape index (κ2) is 6.16. The second-order valence-electron chi connectivity index (χ2n) is 6.15. The van der Waals surface area contributed by atoms with Gasteiger partial charge in [0.15, 0.2) is 5.65 Å². The molecular formula is C17H19FN6. The van der Waals surface area contributed by atoms with E-state index in [2.05, 4.69) is 31.8 Å². The lowest BCUT2D eigenvalue weighted by Crippen LogP contribution is -2.51. The molecule has 3 aromatic rings. The number of pyridine rings is 1. The van der Waals surface area contributed by atoms with Crippen LogP contribution in [0.15, 0.2) is 43.0 Å². The minimum atomic E-state index is -0.236. The molecule has 0 radical (unpaired) electrons. The summed E-state index contributed by atoms with van der Waals surface area (Å²) >= 11 is 0. The summed E-state index contributed by atoms with van der Waals surface area (Å²) in [5, 5.41) is 4.17. The van der Waals surface area contributed by atoms with Crippen LogP contribution in [-0.4, -0.2) is 50.2 Å². The molecule has 1 atom stereocenters. The Kier molecular flexibility index (Phi) is 3.86. The summed E-state index contributed by atoms with van der Waals surface area (Å²) < 4.78 is 15.6. The minimum Gasteiger partial charge on any atom is -0.354 e. The Labute approximate surface area is 139 Å². The smallest absolute Gasteiger partial charge is 0.157 e. The van der Waals surface area contributed by atoms with Crippen LogP contribution in [-0.2, 0) is 6.54 Å². The van der Waals surface area contributed by atoms with E-state index >= 15 is 0 Å². The summed E-state index contributed by atoms with van der Waals surface area (Å²) in [5.74, 6) is 0.726. The topological polar surface area (TPSA) is 49.6 Å². The first-order chi connectivity index (χ1) is 11.7. The zero-order valence-corrected chi connectivity index (χ0v) is 13.5. The van der Waals surface area contributed by atoms with Gasteiger partial charge in [-0.15, -0.1) is 0 Å². The van der Waals surface area contributed by atoms with E-state index in [0.29, 0.717) is 18.2 Å². The predicted molar refractivity (Wildman–Crippen MR) is 89.3 cm³/mol. The molecule has 1 unspecified atom stereocenters. The number of fused-ring (bicyclic) bond motifs is 1. The van der Waals surface area contributed by atoms with Crippen molar-refractivity contribution in [1.29, 1.82) is 0 Å². The molecule has 4 heterocycles. The Morgan fingerprint density at radius 2 is 2.12 bits per heavy atom. The average molecular weight is 326 g/mol. The number of nitrogens with zero attached hydrogens (tertiary/aromatic N) is 6. The van der Waals surface area contributed by atoms with Crippen LogP contribution in [0.5, 0.6) is 0 Å². The number of hydrogen-bond donors (Lipinski definition) is 0. The molecule has 6 nitrogen and oxygen atoms in total. The molecule has 1 fully saturated rings. The first-order valence-corrected chi connectivity index (χ1v) is 8.08. The van der Waals surface area contributed by atoms with Crippen LogP contribution in [0.1, 0.15) is 12.5 Å². The maximum atomic E-state index is 13.8. The van der Waals surface area contributed by atoms with Gasteiger partial charge >= 0.3 is 0 Å². The van der Waals surface area contributed by atoms with Crippen molar-refractivity contribution in [2.24, 2.45) is 0 Å². The van der Waals surface area contributed by atoms with Crippen molar-refractivity contribution >= 4 is 11.5 Å². The number of anilines is 1. The molecule has 3 aromatic heterocycles. The van der Waals surface area contributed by atoms with E-state index in [1.165, 1.54) is 6.20 Å². The van der Waals surface area contributed by atoms with Crippen LogP contribution in [0.25, 0.3) is 5.65 Å². The summed E-state index contributed by atoms with van der Waals surface area (Å²) in [6, 6.07) is 5.96.